The molecule has 0 aromatic heterocycles. The van der Waals surface area contributed by atoms with E-state index in [9.17, 15) is 15.0 Å². The summed E-state index contributed by atoms with van der Waals surface area (Å²) in [5, 5.41) is 23.2. The van der Waals surface area contributed by atoms with E-state index in [4.69, 9.17) is 0 Å². The predicted molar refractivity (Wildman–Crippen MR) is 322 cm³/mol. The molecule has 1 amide bonds. The molecule has 0 aliphatic heterocycles. The second kappa shape index (κ2) is 63.1. The van der Waals surface area contributed by atoms with Crippen molar-refractivity contribution in [3.8, 4) is 0 Å². The molecule has 3 N–H and O–H groups in total. The Morgan fingerprint density at radius 1 is 0.347 bits per heavy atom. The van der Waals surface area contributed by atoms with Crippen molar-refractivity contribution in [2.24, 2.45) is 0 Å². The van der Waals surface area contributed by atoms with E-state index in [0.717, 1.165) is 57.8 Å². The predicted octanol–water partition coefficient (Wildman–Crippen LogP) is 21.7. The van der Waals surface area contributed by atoms with Crippen LogP contribution in [0.2, 0.25) is 0 Å². The van der Waals surface area contributed by atoms with Gasteiger partial charge in [0.15, 0.2) is 0 Å². The maximum Gasteiger partial charge on any atom is 0.220 e. The normalized spacial score (nSPS) is 13.2. The highest BCUT2D eigenvalue weighted by Crippen LogP contribution is 2.18. The van der Waals surface area contributed by atoms with Crippen molar-refractivity contribution in [1.29, 1.82) is 0 Å². The molecular formula is C68H125NO3. The van der Waals surface area contributed by atoms with Gasteiger partial charge in [-0.05, 0) is 70.6 Å². The number of aliphatic hydroxyl groups is 2. The molecule has 72 heavy (non-hydrogen) atoms. The summed E-state index contributed by atoms with van der Waals surface area (Å²) in [5.41, 5.74) is 0. The van der Waals surface area contributed by atoms with Gasteiger partial charge in [0.2, 0.25) is 5.91 Å². The summed E-state index contributed by atoms with van der Waals surface area (Å²) < 4.78 is 0. The monoisotopic (exact) mass is 1000 g/mol. The van der Waals surface area contributed by atoms with E-state index in [1.807, 2.05) is 6.08 Å². The van der Waals surface area contributed by atoms with Gasteiger partial charge in [0, 0.05) is 6.42 Å². The SMILES string of the molecule is CC/C=C\C/C=C\C/C=C\C/C=C\CCCCCCCCCCCCCCCCCCCCCCCCC(=O)NC(CO)C(O)/C=C/CC/C=C/CCCCCCCCCCCCCCCCCCCCC. The van der Waals surface area contributed by atoms with Crippen LogP contribution >= 0.6 is 0 Å². The molecule has 0 radical (unpaired) electrons. The zero-order chi connectivity index (χ0) is 52.0. The van der Waals surface area contributed by atoms with Crippen LogP contribution in [-0.4, -0.2) is 34.9 Å². The van der Waals surface area contributed by atoms with Gasteiger partial charge in [-0.15, -0.1) is 0 Å². The average molecular weight is 1000 g/mol. The standard InChI is InChI=1S/C68H125NO3/c1-3-5-7-9-11-13-15-17-19-21-23-25-27-29-30-31-32-33-34-35-36-37-38-40-42-44-46-48-50-52-54-56-58-60-62-64-68(72)69-66(65-70)67(71)63-61-59-57-55-53-51-49-47-45-43-41-39-28-26-24-22-20-18-16-14-12-10-8-6-4-2/h5,7,11,13,17,19,23,25,53,55,61,63,66-67,70-71H,3-4,6,8-10,12,14-16,18,20-22,24,26-52,54,56-60,62,64-65H2,1-2H3,(H,69,72)/b7-5-,13-11-,19-17-,25-23-,55-53+,63-61+. The number of carbonyl (C=O) groups excluding carboxylic acids is 1. The molecule has 2 atom stereocenters. The molecule has 0 aliphatic carbocycles. The zero-order valence-electron chi connectivity index (χ0n) is 48.4. The van der Waals surface area contributed by atoms with Gasteiger partial charge in [0.25, 0.3) is 0 Å². The lowest BCUT2D eigenvalue weighted by atomic mass is 10.0. The van der Waals surface area contributed by atoms with Gasteiger partial charge in [-0.2, -0.15) is 0 Å². The third-order valence-corrected chi connectivity index (χ3v) is 14.7. The third-order valence-electron chi connectivity index (χ3n) is 14.7. The molecule has 2 unspecified atom stereocenters. The number of hydrogen-bond acceptors (Lipinski definition) is 3. The molecule has 4 heteroatoms. The van der Waals surface area contributed by atoms with E-state index in [1.54, 1.807) is 6.08 Å². The number of aliphatic hydroxyl groups excluding tert-OH is 2. The van der Waals surface area contributed by atoms with Crippen LogP contribution in [0.5, 0.6) is 0 Å². The van der Waals surface area contributed by atoms with E-state index in [-0.39, 0.29) is 12.5 Å². The first-order chi connectivity index (χ1) is 35.7. The zero-order valence-corrected chi connectivity index (χ0v) is 48.4. The van der Waals surface area contributed by atoms with E-state index in [2.05, 4.69) is 79.9 Å². The van der Waals surface area contributed by atoms with E-state index >= 15 is 0 Å². The number of carbonyl (C=O) groups is 1. The Labute approximate surface area is 450 Å². The van der Waals surface area contributed by atoms with Crippen molar-refractivity contribution in [2.75, 3.05) is 6.61 Å². The van der Waals surface area contributed by atoms with Gasteiger partial charge in [-0.25, -0.2) is 0 Å². The lowest BCUT2D eigenvalue weighted by Crippen LogP contribution is -2.45. The van der Waals surface area contributed by atoms with Gasteiger partial charge < -0.3 is 15.5 Å². The number of allylic oxidation sites excluding steroid dienone is 11. The van der Waals surface area contributed by atoms with Gasteiger partial charge in [0.05, 0.1) is 18.8 Å². The van der Waals surface area contributed by atoms with Crippen molar-refractivity contribution < 1.29 is 15.0 Å². The Bertz CT molecular complexity index is 1230. The van der Waals surface area contributed by atoms with Crippen LogP contribution in [0.4, 0.5) is 0 Å². The van der Waals surface area contributed by atoms with Crippen molar-refractivity contribution in [2.45, 2.75) is 347 Å². The minimum Gasteiger partial charge on any atom is -0.394 e. The van der Waals surface area contributed by atoms with E-state index in [1.165, 1.54) is 257 Å². The molecule has 0 bridgehead atoms. The summed E-state index contributed by atoms with van der Waals surface area (Å²) >= 11 is 0. The first-order valence-corrected chi connectivity index (χ1v) is 32.2. The first kappa shape index (κ1) is 69.8. The van der Waals surface area contributed by atoms with Gasteiger partial charge in [-0.3, -0.25) is 4.79 Å². The van der Waals surface area contributed by atoms with Gasteiger partial charge >= 0.3 is 0 Å². The van der Waals surface area contributed by atoms with Crippen molar-refractivity contribution >= 4 is 5.91 Å². The summed E-state index contributed by atoms with van der Waals surface area (Å²) in [6.45, 7) is 4.22. The summed E-state index contributed by atoms with van der Waals surface area (Å²) in [4.78, 5) is 12.5. The quantitative estimate of drug-likeness (QED) is 0.0420. The molecule has 0 aliphatic rings. The number of hydrogen-bond donors (Lipinski definition) is 3. The summed E-state index contributed by atoms with van der Waals surface area (Å²) in [6, 6.07) is -0.641. The van der Waals surface area contributed by atoms with Crippen LogP contribution in [0.1, 0.15) is 335 Å². The first-order valence-electron chi connectivity index (χ1n) is 32.2. The maximum absolute atomic E-state index is 12.5. The molecule has 0 aromatic carbocycles. The fourth-order valence-electron chi connectivity index (χ4n) is 9.84. The number of nitrogens with one attached hydrogen (secondary N) is 1. The molecule has 4 nitrogen and oxygen atoms in total. The topological polar surface area (TPSA) is 69.6 Å². The molecule has 0 fully saturated rings. The van der Waals surface area contributed by atoms with Crippen LogP contribution < -0.4 is 5.32 Å². The minimum atomic E-state index is -0.864. The van der Waals surface area contributed by atoms with Crippen LogP contribution in [0.15, 0.2) is 72.9 Å². The number of rotatable bonds is 59. The minimum absolute atomic E-state index is 0.0689. The van der Waals surface area contributed by atoms with Gasteiger partial charge in [0.1, 0.15) is 0 Å². The van der Waals surface area contributed by atoms with Crippen LogP contribution in [-0.2, 0) is 4.79 Å². The van der Waals surface area contributed by atoms with Crippen LogP contribution in [0, 0.1) is 0 Å². The fourth-order valence-corrected chi connectivity index (χ4v) is 9.84. The van der Waals surface area contributed by atoms with E-state index in [0.29, 0.717) is 6.42 Å². The fraction of sp³-hybridized carbons (Fsp3) is 0.809. The molecule has 0 saturated heterocycles. The highest BCUT2D eigenvalue weighted by molar-refractivity contribution is 5.76. The summed E-state index contributed by atoms with van der Waals surface area (Å²) in [7, 11) is 0. The van der Waals surface area contributed by atoms with Gasteiger partial charge in [-0.1, -0.05) is 331 Å². The average Bonchev–Trinajstić information content (AvgIpc) is 3.39. The molecule has 0 saturated carbocycles. The highest BCUT2D eigenvalue weighted by atomic mass is 16.3. The number of amides is 1. The lowest BCUT2D eigenvalue weighted by Gasteiger charge is -2.19. The second-order valence-electron chi connectivity index (χ2n) is 21.8. The smallest absolute Gasteiger partial charge is 0.220 e. The highest BCUT2D eigenvalue weighted by Gasteiger charge is 2.18. The van der Waals surface area contributed by atoms with Crippen molar-refractivity contribution in [1.82, 2.24) is 5.32 Å². The Morgan fingerprint density at radius 3 is 0.972 bits per heavy atom. The Hall–Kier alpha value is -2.17. The molecule has 0 aromatic rings. The van der Waals surface area contributed by atoms with Crippen molar-refractivity contribution in [3.05, 3.63) is 72.9 Å². The summed E-state index contributed by atoms with van der Waals surface area (Å²) in [6.07, 6.45) is 91.1. The Balaban J connectivity index is 3.47. The van der Waals surface area contributed by atoms with Crippen molar-refractivity contribution in [3.63, 3.8) is 0 Å². The van der Waals surface area contributed by atoms with E-state index < -0.39 is 12.1 Å². The molecule has 0 spiro atoms. The molecule has 420 valence electrons. The maximum atomic E-state index is 12.5. The second-order valence-corrected chi connectivity index (χ2v) is 21.8. The molecule has 0 rings (SSSR count). The lowest BCUT2D eigenvalue weighted by molar-refractivity contribution is -0.123. The molecular weight excluding hydrogens is 879 g/mol. The van der Waals surface area contributed by atoms with Crippen LogP contribution in [0.3, 0.4) is 0 Å². The molecule has 0 heterocycles. The summed E-state index contributed by atoms with van der Waals surface area (Å²) in [5.74, 6) is -0.0689. The number of unbranched alkanes of at least 4 members (excludes halogenated alkanes) is 42. The Morgan fingerprint density at radius 2 is 0.625 bits per heavy atom. The largest absolute Gasteiger partial charge is 0.394 e. The van der Waals surface area contributed by atoms with Crippen LogP contribution in [0.25, 0.3) is 0 Å². The third kappa shape index (κ3) is 58.7. The Kier molecular flexibility index (Phi) is 61.2.